The first-order valence-electron chi connectivity index (χ1n) is 36.1. The molecular weight excluding hydrogens is 1140 g/mol. The van der Waals surface area contributed by atoms with E-state index in [2.05, 4.69) is 31.3 Å². The molecule has 0 aromatic rings. The highest BCUT2D eigenvalue weighted by atomic mass is 16.8. The molecule has 3 fully saturated rings. The van der Waals surface area contributed by atoms with Crippen LogP contribution in [-0.2, 0) is 33.2 Å². The largest absolute Gasteiger partial charge is 0.394 e. The molecule has 17 unspecified atom stereocenters. The summed E-state index contributed by atoms with van der Waals surface area (Å²) < 4.78 is 34.4. The predicted octanol–water partition coefficient (Wildman–Crippen LogP) is 9.83. The van der Waals surface area contributed by atoms with Crippen LogP contribution in [0.1, 0.15) is 284 Å². The normalized spacial score (nSPS) is 28.3. The Bertz CT molecular complexity index is 1710. The van der Waals surface area contributed by atoms with Gasteiger partial charge in [0.2, 0.25) is 5.91 Å². The summed E-state index contributed by atoms with van der Waals surface area (Å²) in [5, 5.41) is 121. The number of hydrogen-bond acceptors (Lipinski definition) is 18. The van der Waals surface area contributed by atoms with E-state index in [0.29, 0.717) is 12.8 Å². The summed E-state index contributed by atoms with van der Waals surface area (Å²) in [6.45, 7) is 1.75. The van der Waals surface area contributed by atoms with Crippen LogP contribution in [0.2, 0.25) is 0 Å². The van der Waals surface area contributed by atoms with Gasteiger partial charge < -0.3 is 89.9 Å². The van der Waals surface area contributed by atoms with Gasteiger partial charge in [0.25, 0.3) is 0 Å². The summed E-state index contributed by atoms with van der Waals surface area (Å²) in [7, 11) is 0. The quantitative estimate of drug-likeness (QED) is 0.0199. The van der Waals surface area contributed by atoms with Crippen molar-refractivity contribution in [2.45, 2.75) is 388 Å². The molecule has 0 bridgehead atoms. The standard InChI is InChI=1S/C70H131NO18/c1-3-5-7-9-11-13-15-17-19-21-23-24-25-26-27-28-29-30-32-34-36-38-40-42-44-46-48-58(76)71-53(54(75)47-45-43-41-39-37-35-33-31-22-20-18-16-14-12-10-8-6-4-2)52-84-68-64(82)61(79)66(56(50-73)86-68)89-70-65(83)62(80)67(57(51-74)87-70)88-69-63(81)60(78)59(77)55(49-72)85-69/h37,39,45,47,53-57,59-70,72-75,77-83H,3-36,38,40-44,46,48-52H2,1-2H3,(H,71,76)/b39-37+,47-45+. The SMILES string of the molecule is CCCCCCCCCCCCCC/C=C/CC/C=C/C(O)C(COC1OC(CO)C(OC2OC(CO)C(OC3OC(CO)C(O)C(O)C3O)C(O)C2O)C(O)C1O)NC(=O)CCCCCCCCCCCCCCCCCCCCCCCCCCCC. The first kappa shape index (κ1) is 81.5. The van der Waals surface area contributed by atoms with Gasteiger partial charge in [-0.1, -0.05) is 269 Å². The lowest BCUT2D eigenvalue weighted by atomic mass is 9.96. The highest BCUT2D eigenvalue weighted by molar-refractivity contribution is 5.76. The summed E-state index contributed by atoms with van der Waals surface area (Å²) in [5.74, 6) is -0.279. The van der Waals surface area contributed by atoms with E-state index in [0.717, 1.165) is 38.5 Å². The molecule has 0 aliphatic carbocycles. The van der Waals surface area contributed by atoms with Crippen molar-refractivity contribution in [3.8, 4) is 0 Å². The molecule has 3 heterocycles. The molecule has 19 nitrogen and oxygen atoms in total. The highest BCUT2D eigenvalue weighted by Gasteiger charge is 2.53. The van der Waals surface area contributed by atoms with Gasteiger partial charge in [-0.25, -0.2) is 0 Å². The Balaban J connectivity index is 1.42. The third kappa shape index (κ3) is 34.5. The summed E-state index contributed by atoms with van der Waals surface area (Å²) in [4.78, 5) is 13.4. The van der Waals surface area contributed by atoms with Crippen molar-refractivity contribution in [3.05, 3.63) is 24.3 Å². The smallest absolute Gasteiger partial charge is 0.220 e. The van der Waals surface area contributed by atoms with Gasteiger partial charge in [-0.15, -0.1) is 0 Å². The monoisotopic (exact) mass is 1270 g/mol. The molecule has 3 aliphatic heterocycles. The second kappa shape index (κ2) is 52.5. The summed E-state index contributed by atoms with van der Waals surface area (Å²) in [6, 6.07) is -0.987. The number of ether oxygens (including phenoxy) is 6. The fourth-order valence-corrected chi connectivity index (χ4v) is 12.4. The molecule has 0 radical (unpaired) electrons. The number of carbonyl (C=O) groups excluding carboxylic acids is 1. The van der Waals surface area contributed by atoms with Crippen molar-refractivity contribution in [1.82, 2.24) is 5.32 Å². The molecule has 17 atom stereocenters. The number of nitrogens with one attached hydrogen (secondary N) is 1. The number of aliphatic hydroxyl groups excluding tert-OH is 11. The van der Waals surface area contributed by atoms with Gasteiger partial charge in [0.15, 0.2) is 18.9 Å². The molecular formula is C70H131NO18. The molecule has 0 saturated carbocycles. The topological polar surface area (TPSA) is 307 Å². The van der Waals surface area contributed by atoms with Gasteiger partial charge >= 0.3 is 0 Å². The molecule has 0 spiro atoms. The van der Waals surface area contributed by atoms with E-state index in [1.807, 2.05) is 6.08 Å². The fourth-order valence-electron chi connectivity index (χ4n) is 12.4. The van der Waals surface area contributed by atoms with Gasteiger partial charge in [0.1, 0.15) is 73.2 Å². The average Bonchev–Trinajstić information content (AvgIpc) is 1.91. The minimum Gasteiger partial charge on any atom is -0.394 e. The molecule has 0 aromatic heterocycles. The van der Waals surface area contributed by atoms with E-state index in [1.54, 1.807) is 6.08 Å². The maximum atomic E-state index is 13.4. The predicted molar refractivity (Wildman–Crippen MR) is 346 cm³/mol. The Morgan fingerprint density at radius 3 is 1.12 bits per heavy atom. The first-order valence-corrected chi connectivity index (χ1v) is 36.1. The Morgan fingerprint density at radius 2 is 0.719 bits per heavy atom. The number of amides is 1. The van der Waals surface area contributed by atoms with Crippen LogP contribution in [0.5, 0.6) is 0 Å². The van der Waals surface area contributed by atoms with Crippen molar-refractivity contribution >= 4 is 5.91 Å². The summed E-state index contributed by atoms with van der Waals surface area (Å²) in [6.07, 6.45) is 33.1. The lowest BCUT2D eigenvalue weighted by molar-refractivity contribution is -0.379. The molecule has 524 valence electrons. The number of carbonyl (C=O) groups is 1. The van der Waals surface area contributed by atoms with Crippen molar-refractivity contribution < 1.29 is 89.4 Å². The maximum absolute atomic E-state index is 13.4. The van der Waals surface area contributed by atoms with Gasteiger partial charge in [-0.2, -0.15) is 0 Å². The third-order valence-electron chi connectivity index (χ3n) is 18.3. The van der Waals surface area contributed by atoms with Crippen molar-refractivity contribution in [1.29, 1.82) is 0 Å². The second-order valence-corrected chi connectivity index (χ2v) is 26.1. The van der Waals surface area contributed by atoms with Crippen LogP contribution in [0.4, 0.5) is 0 Å². The Kier molecular flexibility index (Phi) is 48.1. The molecule has 89 heavy (non-hydrogen) atoms. The fraction of sp³-hybridized carbons (Fsp3) is 0.929. The van der Waals surface area contributed by atoms with Crippen LogP contribution in [0.3, 0.4) is 0 Å². The van der Waals surface area contributed by atoms with E-state index in [9.17, 15) is 61.0 Å². The van der Waals surface area contributed by atoms with E-state index in [1.165, 1.54) is 212 Å². The van der Waals surface area contributed by atoms with Gasteiger partial charge in [0, 0.05) is 6.42 Å². The van der Waals surface area contributed by atoms with Gasteiger partial charge in [-0.05, 0) is 32.1 Å². The number of rotatable bonds is 56. The lowest BCUT2D eigenvalue weighted by Crippen LogP contribution is -2.66. The molecule has 3 aliphatic rings. The van der Waals surface area contributed by atoms with Gasteiger partial charge in [-0.3, -0.25) is 4.79 Å². The highest BCUT2D eigenvalue weighted by Crippen LogP contribution is 2.33. The van der Waals surface area contributed by atoms with Crippen LogP contribution >= 0.6 is 0 Å². The molecule has 0 aromatic carbocycles. The molecule has 3 saturated heterocycles. The van der Waals surface area contributed by atoms with Crippen LogP contribution < -0.4 is 5.32 Å². The number of unbranched alkanes of at least 4 members (excludes halogenated alkanes) is 38. The number of allylic oxidation sites excluding steroid dienone is 3. The van der Waals surface area contributed by atoms with Crippen molar-refractivity contribution in [3.63, 3.8) is 0 Å². The zero-order valence-corrected chi connectivity index (χ0v) is 55.4. The number of aliphatic hydroxyl groups is 11. The van der Waals surface area contributed by atoms with Crippen molar-refractivity contribution in [2.24, 2.45) is 0 Å². The lowest BCUT2D eigenvalue weighted by Gasteiger charge is -2.48. The Hall–Kier alpha value is -1.73. The van der Waals surface area contributed by atoms with Crippen molar-refractivity contribution in [2.75, 3.05) is 26.4 Å². The Morgan fingerprint density at radius 1 is 0.393 bits per heavy atom. The minimum absolute atomic E-state index is 0.241. The van der Waals surface area contributed by atoms with Crippen LogP contribution in [0.25, 0.3) is 0 Å². The van der Waals surface area contributed by atoms with E-state index < -0.39 is 124 Å². The zero-order valence-electron chi connectivity index (χ0n) is 55.4. The summed E-state index contributed by atoms with van der Waals surface area (Å²) >= 11 is 0. The summed E-state index contributed by atoms with van der Waals surface area (Å²) in [5.41, 5.74) is 0. The van der Waals surface area contributed by atoms with Gasteiger partial charge in [0.05, 0.1) is 38.6 Å². The van der Waals surface area contributed by atoms with Crippen LogP contribution in [-0.4, -0.2) is 193 Å². The zero-order chi connectivity index (χ0) is 64.7. The number of hydrogen-bond donors (Lipinski definition) is 12. The maximum Gasteiger partial charge on any atom is 0.220 e. The molecule has 12 N–H and O–H groups in total. The van der Waals surface area contributed by atoms with E-state index in [-0.39, 0.29) is 18.9 Å². The van der Waals surface area contributed by atoms with Crippen LogP contribution in [0, 0.1) is 0 Å². The van der Waals surface area contributed by atoms with E-state index >= 15 is 0 Å². The average molecular weight is 1270 g/mol. The Labute approximate surface area is 537 Å². The molecule has 3 rings (SSSR count). The van der Waals surface area contributed by atoms with Crippen LogP contribution in [0.15, 0.2) is 24.3 Å². The third-order valence-corrected chi connectivity index (χ3v) is 18.3. The first-order chi connectivity index (χ1) is 43.3. The second-order valence-electron chi connectivity index (χ2n) is 26.1. The molecule has 1 amide bonds. The van der Waals surface area contributed by atoms with E-state index in [4.69, 9.17) is 28.4 Å². The minimum atomic E-state index is -1.98. The molecule has 19 heteroatoms.